The number of nitrogens with zero attached hydrogens (tertiary/aromatic N) is 1. The van der Waals surface area contributed by atoms with Gasteiger partial charge in [-0.05, 0) is 38.5 Å². The number of allylic oxidation sites excluding steroid dienone is 2. The first-order chi connectivity index (χ1) is 14.6. The highest BCUT2D eigenvalue weighted by Crippen LogP contribution is 2.07. The molecular weight excluding hydrogens is 388 g/mol. The average molecular weight is 423 g/mol. The van der Waals surface area contributed by atoms with Crippen LogP contribution in [0, 0.1) is 0 Å². The van der Waals surface area contributed by atoms with Crippen LogP contribution in [0.4, 0.5) is 6.01 Å². The second-order valence-corrected chi connectivity index (χ2v) is 6.80. The molecule has 0 aliphatic rings. The van der Waals surface area contributed by atoms with Crippen LogP contribution in [0.1, 0.15) is 57.8 Å². The summed E-state index contributed by atoms with van der Waals surface area (Å²) in [7, 11) is 1.44. The minimum atomic E-state index is -0.603. The Balaban J connectivity index is 1.80. The lowest BCUT2D eigenvalue weighted by molar-refractivity contribution is -0.138. The van der Waals surface area contributed by atoms with Gasteiger partial charge in [0.05, 0.1) is 6.20 Å². The molecular formula is C21H34N4O5. The lowest BCUT2D eigenvalue weighted by Crippen LogP contribution is -2.38. The van der Waals surface area contributed by atoms with Gasteiger partial charge in [0, 0.05) is 20.2 Å². The molecule has 3 amide bonds. The fourth-order valence-corrected chi connectivity index (χ4v) is 2.62. The van der Waals surface area contributed by atoms with Crippen molar-refractivity contribution in [3.63, 3.8) is 0 Å². The standard InChI is InChI=1S/C21H34N4O5/c1-22-19(27)20(28)23-13-11-9-7-5-3-2-4-6-8-10-12-15-29-17-18(26)25-21-24-14-16-30-21/h3,5,14,16H,2,4,6-13,15,17H2,1H3,(H,22,27)(H,23,28)(H,24,25,26)/b5-3-. The summed E-state index contributed by atoms with van der Waals surface area (Å²) in [5.74, 6) is -1.45. The van der Waals surface area contributed by atoms with Gasteiger partial charge in [0.2, 0.25) is 0 Å². The minimum Gasteiger partial charge on any atom is -0.432 e. The van der Waals surface area contributed by atoms with Crippen LogP contribution >= 0.6 is 0 Å². The summed E-state index contributed by atoms with van der Waals surface area (Å²) in [6, 6.07) is 0.184. The lowest BCUT2D eigenvalue weighted by Gasteiger charge is -2.04. The fraction of sp³-hybridized carbons (Fsp3) is 0.619. The molecule has 0 fully saturated rings. The molecule has 9 heteroatoms. The summed E-state index contributed by atoms with van der Waals surface area (Å²) in [6.07, 6.45) is 16.7. The van der Waals surface area contributed by atoms with Gasteiger partial charge in [-0.3, -0.25) is 19.7 Å². The van der Waals surface area contributed by atoms with Gasteiger partial charge in [-0.2, -0.15) is 0 Å². The van der Waals surface area contributed by atoms with Crippen molar-refractivity contribution in [2.24, 2.45) is 0 Å². The van der Waals surface area contributed by atoms with Crippen molar-refractivity contribution in [2.75, 3.05) is 32.1 Å². The maximum Gasteiger partial charge on any atom is 0.309 e. The molecule has 0 aliphatic heterocycles. The first-order valence-corrected chi connectivity index (χ1v) is 10.6. The zero-order valence-electron chi connectivity index (χ0n) is 17.8. The first-order valence-electron chi connectivity index (χ1n) is 10.6. The molecule has 0 bridgehead atoms. The predicted molar refractivity (Wildman–Crippen MR) is 114 cm³/mol. The molecule has 0 atom stereocenters. The summed E-state index contributed by atoms with van der Waals surface area (Å²) in [4.78, 5) is 37.6. The number of hydrogen-bond donors (Lipinski definition) is 3. The second kappa shape index (κ2) is 17.2. The smallest absolute Gasteiger partial charge is 0.309 e. The Kier molecular flexibility index (Phi) is 14.5. The van der Waals surface area contributed by atoms with Crippen LogP contribution in [0.15, 0.2) is 29.0 Å². The zero-order chi connectivity index (χ0) is 21.9. The lowest BCUT2D eigenvalue weighted by atomic mass is 10.1. The highest BCUT2D eigenvalue weighted by atomic mass is 16.5. The maximum absolute atomic E-state index is 11.5. The Morgan fingerprint density at radius 3 is 2.40 bits per heavy atom. The van der Waals surface area contributed by atoms with Crippen molar-refractivity contribution in [1.29, 1.82) is 0 Å². The van der Waals surface area contributed by atoms with Crippen molar-refractivity contribution >= 4 is 23.7 Å². The third-order valence-electron chi connectivity index (χ3n) is 4.25. The van der Waals surface area contributed by atoms with Gasteiger partial charge in [0.1, 0.15) is 12.9 Å². The molecule has 0 aliphatic carbocycles. The minimum absolute atomic E-state index is 0.00756. The number of nitrogens with one attached hydrogen (secondary N) is 3. The molecule has 3 N–H and O–H groups in total. The van der Waals surface area contributed by atoms with Crippen molar-refractivity contribution in [3.8, 4) is 0 Å². The molecule has 0 saturated heterocycles. The van der Waals surface area contributed by atoms with Crippen molar-refractivity contribution in [1.82, 2.24) is 15.6 Å². The molecule has 168 valence electrons. The Hall–Kier alpha value is -2.68. The van der Waals surface area contributed by atoms with Crippen LogP contribution < -0.4 is 16.0 Å². The number of carbonyl (C=O) groups is 3. The number of oxazole rings is 1. The molecule has 9 nitrogen and oxygen atoms in total. The molecule has 1 rings (SSSR count). The molecule has 0 saturated carbocycles. The summed E-state index contributed by atoms with van der Waals surface area (Å²) < 4.78 is 10.3. The van der Waals surface area contributed by atoms with Gasteiger partial charge >= 0.3 is 17.8 Å². The first kappa shape index (κ1) is 25.4. The Morgan fingerprint density at radius 1 is 1.00 bits per heavy atom. The molecule has 0 aromatic carbocycles. The number of ether oxygens (including phenoxy) is 1. The fourth-order valence-electron chi connectivity index (χ4n) is 2.62. The topological polar surface area (TPSA) is 123 Å². The van der Waals surface area contributed by atoms with Crippen LogP contribution in [-0.4, -0.2) is 49.5 Å². The molecule has 1 heterocycles. The van der Waals surface area contributed by atoms with Crippen molar-refractivity contribution in [3.05, 3.63) is 24.6 Å². The average Bonchev–Trinajstić information content (AvgIpc) is 3.25. The normalized spacial score (nSPS) is 10.8. The van der Waals surface area contributed by atoms with Crippen LogP contribution in [0.2, 0.25) is 0 Å². The van der Waals surface area contributed by atoms with Gasteiger partial charge in [-0.25, -0.2) is 4.98 Å². The number of hydrogen-bond acceptors (Lipinski definition) is 6. The molecule has 0 unspecified atom stereocenters. The molecule has 0 radical (unpaired) electrons. The van der Waals surface area contributed by atoms with Crippen LogP contribution in [0.5, 0.6) is 0 Å². The third-order valence-corrected chi connectivity index (χ3v) is 4.25. The molecule has 0 spiro atoms. The Bertz CT molecular complexity index is 631. The van der Waals surface area contributed by atoms with Gasteiger partial charge in [-0.1, -0.05) is 31.4 Å². The van der Waals surface area contributed by atoms with Crippen LogP contribution in [-0.2, 0) is 19.1 Å². The van der Waals surface area contributed by atoms with Gasteiger partial charge in [-0.15, -0.1) is 0 Å². The number of unbranched alkanes of at least 4 members (excludes halogenated alkanes) is 7. The van der Waals surface area contributed by atoms with E-state index in [1.807, 2.05) is 0 Å². The summed E-state index contributed by atoms with van der Waals surface area (Å²) in [6.45, 7) is 1.10. The van der Waals surface area contributed by atoms with Gasteiger partial charge in [0.15, 0.2) is 0 Å². The van der Waals surface area contributed by atoms with Crippen molar-refractivity contribution < 1.29 is 23.5 Å². The van der Waals surface area contributed by atoms with E-state index >= 15 is 0 Å². The van der Waals surface area contributed by atoms with E-state index in [-0.39, 0.29) is 18.5 Å². The number of rotatable bonds is 16. The Morgan fingerprint density at radius 2 is 1.70 bits per heavy atom. The maximum atomic E-state index is 11.5. The molecule has 30 heavy (non-hydrogen) atoms. The quantitative estimate of drug-likeness (QED) is 0.214. The van der Waals surface area contributed by atoms with E-state index in [0.717, 1.165) is 51.4 Å². The predicted octanol–water partition coefficient (Wildman–Crippen LogP) is 2.56. The van der Waals surface area contributed by atoms with Crippen LogP contribution in [0.25, 0.3) is 0 Å². The summed E-state index contributed by atoms with van der Waals surface area (Å²) >= 11 is 0. The van der Waals surface area contributed by atoms with E-state index < -0.39 is 11.8 Å². The molecule has 1 aromatic heterocycles. The van der Waals surface area contributed by atoms with Crippen LogP contribution in [0.3, 0.4) is 0 Å². The van der Waals surface area contributed by atoms with E-state index in [1.54, 1.807) is 0 Å². The number of amides is 3. The van der Waals surface area contributed by atoms with E-state index in [4.69, 9.17) is 9.15 Å². The van der Waals surface area contributed by atoms with E-state index in [2.05, 4.69) is 33.1 Å². The number of likely N-dealkylation sites (N-methyl/N-ethyl adjacent to an activating group) is 1. The van der Waals surface area contributed by atoms with Gasteiger partial charge < -0.3 is 19.8 Å². The number of aromatic nitrogens is 1. The largest absolute Gasteiger partial charge is 0.432 e. The summed E-state index contributed by atoms with van der Waals surface area (Å²) in [5, 5.41) is 7.37. The SMILES string of the molecule is CNC(=O)C(=O)NCCCC/C=C\CCCCCCCOCC(=O)Nc1ncco1. The Labute approximate surface area is 178 Å². The highest BCUT2D eigenvalue weighted by molar-refractivity contribution is 6.34. The van der Waals surface area contributed by atoms with E-state index in [0.29, 0.717) is 13.2 Å². The van der Waals surface area contributed by atoms with E-state index in [9.17, 15) is 14.4 Å². The second-order valence-electron chi connectivity index (χ2n) is 6.80. The number of anilines is 1. The zero-order valence-corrected chi connectivity index (χ0v) is 17.8. The van der Waals surface area contributed by atoms with E-state index in [1.165, 1.54) is 25.9 Å². The monoisotopic (exact) mass is 422 g/mol. The third kappa shape index (κ3) is 13.5. The summed E-state index contributed by atoms with van der Waals surface area (Å²) in [5.41, 5.74) is 0. The number of carbonyl (C=O) groups excluding carboxylic acids is 3. The highest BCUT2D eigenvalue weighted by Gasteiger charge is 2.08. The van der Waals surface area contributed by atoms with Gasteiger partial charge in [0.25, 0.3) is 5.91 Å². The molecule has 1 aromatic rings. The van der Waals surface area contributed by atoms with Crippen molar-refractivity contribution in [2.45, 2.75) is 57.8 Å².